The summed E-state index contributed by atoms with van der Waals surface area (Å²) < 4.78 is 29.2. The lowest BCUT2D eigenvalue weighted by Crippen LogP contribution is -2.41. The fourth-order valence-corrected chi connectivity index (χ4v) is 3.71. The van der Waals surface area contributed by atoms with Crippen molar-refractivity contribution in [1.29, 1.82) is 0 Å². The molecule has 1 amide bonds. The average molecular weight is 435 g/mol. The third-order valence-corrected chi connectivity index (χ3v) is 5.02. The number of para-hydroxylation sites is 1. The summed E-state index contributed by atoms with van der Waals surface area (Å²) in [5.41, 5.74) is 0.993. The molecule has 0 saturated heterocycles. The molecule has 0 aliphatic heterocycles. The van der Waals surface area contributed by atoms with Crippen LogP contribution in [-0.4, -0.2) is 15.0 Å². The van der Waals surface area contributed by atoms with E-state index >= 15 is 0 Å². The molecule has 4 aromatic rings. The number of benzene rings is 3. The second-order valence-corrected chi connectivity index (χ2v) is 7.54. The number of amides is 1. The molecule has 0 radical (unpaired) electrons. The maximum atomic E-state index is 13.9. The van der Waals surface area contributed by atoms with Gasteiger partial charge in [0.15, 0.2) is 0 Å². The zero-order valence-electron chi connectivity index (χ0n) is 17.4. The first-order valence-corrected chi connectivity index (χ1v) is 9.83. The van der Waals surface area contributed by atoms with Gasteiger partial charge in [-0.1, -0.05) is 18.2 Å². The van der Waals surface area contributed by atoms with Gasteiger partial charge < -0.3 is 5.32 Å². The molecule has 3 aromatic carbocycles. The number of halogens is 2. The smallest absolute Gasteiger partial charge is 0.322 e. The Kier molecular flexibility index (Phi) is 5.44. The zero-order valence-corrected chi connectivity index (χ0v) is 17.4. The van der Waals surface area contributed by atoms with Gasteiger partial charge in [0, 0.05) is 6.07 Å². The van der Waals surface area contributed by atoms with Crippen LogP contribution in [0.15, 0.2) is 70.3 Å². The third kappa shape index (κ3) is 3.94. The minimum absolute atomic E-state index is 0.212. The number of aromatic nitrogens is 2. The fraction of sp³-hybridized carbons (Fsp3) is 0.125. The Hall–Kier alpha value is -4.07. The van der Waals surface area contributed by atoms with E-state index in [1.54, 1.807) is 36.4 Å². The van der Waals surface area contributed by atoms with E-state index in [4.69, 9.17) is 0 Å². The zero-order chi connectivity index (χ0) is 23.0. The molecular formula is C24H19F2N3O3. The van der Waals surface area contributed by atoms with E-state index in [-0.39, 0.29) is 16.6 Å². The van der Waals surface area contributed by atoms with E-state index in [0.717, 1.165) is 32.4 Å². The number of rotatable bonds is 4. The molecule has 0 atom stereocenters. The number of nitrogens with one attached hydrogen (secondary N) is 1. The molecule has 0 spiro atoms. The molecule has 8 heteroatoms. The topological polar surface area (TPSA) is 73.1 Å². The largest absolute Gasteiger partial charge is 0.336 e. The summed E-state index contributed by atoms with van der Waals surface area (Å²) in [6.07, 6.45) is 0. The van der Waals surface area contributed by atoms with Gasteiger partial charge in [0.05, 0.1) is 22.3 Å². The van der Waals surface area contributed by atoms with Crippen LogP contribution < -0.4 is 16.6 Å². The maximum Gasteiger partial charge on any atom is 0.336 e. The molecule has 4 rings (SSSR count). The van der Waals surface area contributed by atoms with Gasteiger partial charge in [0.2, 0.25) is 5.91 Å². The van der Waals surface area contributed by atoms with E-state index in [1.807, 2.05) is 19.9 Å². The SMILES string of the molecule is Cc1cc(C)cc(-n2c(=O)c3ccccc3n(CC(=O)Nc3ccc(F)cc3F)c2=O)c1. The lowest BCUT2D eigenvalue weighted by molar-refractivity contribution is -0.116. The fourth-order valence-electron chi connectivity index (χ4n) is 3.71. The number of aryl methyl sites for hydroxylation is 2. The van der Waals surface area contributed by atoms with Crippen LogP contribution in [0, 0.1) is 25.5 Å². The molecule has 32 heavy (non-hydrogen) atoms. The van der Waals surface area contributed by atoms with Crippen molar-refractivity contribution < 1.29 is 13.6 Å². The quantitative estimate of drug-likeness (QED) is 0.532. The van der Waals surface area contributed by atoms with Crippen LogP contribution >= 0.6 is 0 Å². The Balaban J connectivity index is 1.84. The monoisotopic (exact) mass is 435 g/mol. The number of nitrogens with zero attached hydrogens (tertiary/aromatic N) is 2. The highest BCUT2D eigenvalue weighted by molar-refractivity contribution is 5.91. The average Bonchev–Trinajstić information content (AvgIpc) is 2.73. The van der Waals surface area contributed by atoms with Gasteiger partial charge in [0.25, 0.3) is 5.56 Å². The van der Waals surface area contributed by atoms with Crippen molar-refractivity contribution in [1.82, 2.24) is 9.13 Å². The van der Waals surface area contributed by atoms with Gasteiger partial charge in [-0.05, 0) is 61.4 Å². The standard InChI is InChI=1S/C24H19F2N3O3/c1-14-9-15(2)11-17(10-14)29-23(31)18-5-3-4-6-21(18)28(24(29)32)13-22(30)27-20-8-7-16(25)12-19(20)26/h3-12H,13H2,1-2H3,(H,27,30). The molecule has 1 N–H and O–H groups in total. The number of hydrogen-bond donors (Lipinski definition) is 1. The van der Waals surface area contributed by atoms with E-state index < -0.39 is 35.3 Å². The molecular weight excluding hydrogens is 416 g/mol. The van der Waals surface area contributed by atoms with Crippen LogP contribution in [0.4, 0.5) is 14.5 Å². The Labute approximate surface area is 181 Å². The molecule has 0 fully saturated rings. The summed E-state index contributed by atoms with van der Waals surface area (Å²) in [7, 11) is 0. The molecule has 0 saturated carbocycles. The van der Waals surface area contributed by atoms with Gasteiger partial charge in [0.1, 0.15) is 18.2 Å². The van der Waals surface area contributed by atoms with E-state index in [1.165, 1.54) is 0 Å². The summed E-state index contributed by atoms with van der Waals surface area (Å²) in [5.74, 6) is -2.41. The molecule has 0 bridgehead atoms. The summed E-state index contributed by atoms with van der Waals surface area (Å²) in [5, 5.41) is 2.60. The van der Waals surface area contributed by atoms with E-state index in [9.17, 15) is 23.2 Å². The van der Waals surface area contributed by atoms with Crippen LogP contribution in [0.2, 0.25) is 0 Å². The minimum Gasteiger partial charge on any atom is -0.322 e. The number of carbonyl (C=O) groups is 1. The van der Waals surface area contributed by atoms with Crippen molar-refractivity contribution in [2.75, 3.05) is 5.32 Å². The van der Waals surface area contributed by atoms with Crippen molar-refractivity contribution in [2.45, 2.75) is 20.4 Å². The lowest BCUT2D eigenvalue weighted by atomic mass is 10.1. The maximum absolute atomic E-state index is 13.9. The lowest BCUT2D eigenvalue weighted by Gasteiger charge is -2.15. The van der Waals surface area contributed by atoms with Crippen LogP contribution in [0.3, 0.4) is 0 Å². The van der Waals surface area contributed by atoms with E-state index in [2.05, 4.69) is 5.32 Å². The Morgan fingerprint density at radius 2 is 1.62 bits per heavy atom. The Morgan fingerprint density at radius 3 is 2.31 bits per heavy atom. The molecule has 0 aliphatic rings. The first-order valence-electron chi connectivity index (χ1n) is 9.83. The predicted molar refractivity (Wildman–Crippen MR) is 118 cm³/mol. The molecule has 1 aromatic heterocycles. The highest BCUT2D eigenvalue weighted by Crippen LogP contribution is 2.16. The van der Waals surface area contributed by atoms with Crippen molar-refractivity contribution in [3.63, 3.8) is 0 Å². The molecule has 162 valence electrons. The highest BCUT2D eigenvalue weighted by atomic mass is 19.1. The van der Waals surface area contributed by atoms with Crippen LogP contribution in [0.5, 0.6) is 0 Å². The van der Waals surface area contributed by atoms with Crippen LogP contribution in [-0.2, 0) is 11.3 Å². The Morgan fingerprint density at radius 1 is 0.938 bits per heavy atom. The number of carbonyl (C=O) groups excluding carboxylic acids is 1. The summed E-state index contributed by atoms with van der Waals surface area (Å²) in [6.45, 7) is 3.23. The molecule has 1 heterocycles. The highest BCUT2D eigenvalue weighted by Gasteiger charge is 2.17. The van der Waals surface area contributed by atoms with Crippen molar-refractivity contribution in [2.24, 2.45) is 0 Å². The van der Waals surface area contributed by atoms with Crippen molar-refractivity contribution in [3.05, 3.63) is 104 Å². The van der Waals surface area contributed by atoms with Crippen molar-refractivity contribution >= 4 is 22.5 Å². The van der Waals surface area contributed by atoms with Gasteiger partial charge in [-0.15, -0.1) is 0 Å². The normalized spacial score (nSPS) is 11.0. The van der Waals surface area contributed by atoms with Gasteiger partial charge in [-0.25, -0.2) is 18.1 Å². The summed E-state index contributed by atoms with van der Waals surface area (Å²) >= 11 is 0. The van der Waals surface area contributed by atoms with Crippen LogP contribution in [0.1, 0.15) is 11.1 Å². The van der Waals surface area contributed by atoms with Gasteiger partial charge in [-0.2, -0.15) is 0 Å². The molecule has 0 aliphatic carbocycles. The van der Waals surface area contributed by atoms with Gasteiger partial charge >= 0.3 is 5.69 Å². The van der Waals surface area contributed by atoms with Crippen molar-refractivity contribution in [3.8, 4) is 5.69 Å². The summed E-state index contributed by atoms with van der Waals surface area (Å²) in [6, 6.07) is 14.6. The van der Waals surface area contributed by atoms with Crippen LogP contribution in [0.25, 0.3) is 16.6 Å². The Bertz CT molecular complexity index is 1470. The first-order chi connectivity index (χ1) is 15.2. The number of hydrogen-bond acceptors (Lipinski definition) is 3. The summed E-state index contributed by atoms with van der Waals surface area (Å²) in [4.78, 5) is 39.1. The molecule has 0 unspecified atom stereocenters. The first kappa shape index (κ1) is 21.2. The second kappa shape index (κ2) is 8.22. The third-order valence-electron chi connectivity index (χ3n) is 5.02. The minimum atomic E-state index is -0.934. The number of fused-ring (bicyclic) bond motifs is 1. The number of anilines is 1. The van der Waals surface area contributed by atoms with Gasteiger partial charge in [-0.3, -0.25) is 14.2 Å². The second-order valence-electron chi connectivity index (χ2n) is 7.54. The molecule has 6 nitrogen and oxygen atoms in total. The van der Waals surface area contributed by atoms with E-state index in [0.29, 0.717) is 11.8 Å². The predicted octanol–water partition coefficient (Wildman–Crippen LogP) is 3.69.